The van der Waals surface area contributed by atoms with Crippen LogP contribution in [0.25, 0.3) is 32.2 Å². The largest absolute Gasteiger partial charge is 0.339 e. The number of pyridine rings is 1. The van der Waals surface area contributed by atoms with Gasteiger partial charge < -0.3 is 9.84 Å². The number of para-hydroxylation sites is 1. The molecule has 0 unspecified atom stereocenters. The summed E-state index contributed by atoms with van der Waals surface area (Å²) in [5, 5.41) is 7.82. The van der Waals surface area contributed by atoms with Crippen molar-refractivity contribution in [2.24, 2.45) is 0 Å². The molecule has 0 saturated carbocycles. The van der Waals surface area contributed by atoms with E-state index in [1.54, 1.807) is 35.9 Å². The lowest BCUT2D eigenvalue weighted by Gasteiger charge is -2.05. The molecule has 0 spiro atoms. The first kappa shape index (κ1) is 19.1. The van der Waals surface area contributed by atoms with Crippen molar-refractivity contribution in [1.82, 2.24) is 20.1 Å². The summed E-state index contributed by atoms with van der Waals surface area (Å²) >= 11 is 1.63. The number of fused-ring (bicyclic) bond motifs is 1. The zero-order valence-corrected chi connectivity index (χ0v) is 17.2. The van der Waals surface area contributed by atoms with Crippen molar-refractivity contribution in [3.63, 3.8) is 0 Å². The number of benzene rings is 2. The molecule has 0 radical (unpaired) electrons. The Hall–Kier alpha value is -3.91. The molecule has 1 amide bonds. The molecule has 3 heterocycles. The standard InChI is InChI=1S/C23H17N5O2S/c29-20(8-9-21-27-22(28-30-21)15-10-12-24-13-11-15)25-17-5-3-4-16(14-17)23-26-18-6-1-2-7-19(18)31-23/h1-7,10-14H,8-9H2,(H,25,29). The Morgan fingerprint density at radius 3 is 2.71 bits per heavy atom. The SMILES string of the molecule is O=C(CCc1nc(-c2ccncc2)no1)Nc1cccc(-c2nc3ccccc3s2)c1. The van der Waals surface area contributed by atoms with Gasteiger partial charge in [-0.25, -0.2) is 4.98 Å². The molecule has 31 heavy (non-hydrogen) atoms. The molecule has 7 nitrogen and oxygen atoms in total. The van der Waals surface area contributed by atoms with Crippen LogP contribution < -0.4 is 5.32 Å². The molecule has 2 aromatic carbocycles. The third-order valence-corrected chi connectivity index (χ3v) is 5.75. The van der Waals surface area contributed by atoms with Crippen molar-refractivity contribution in [2.45, 2.75) is 12.8 Å². The van der Waals surface area contributed by atoms with Crippen LogP contribution in [0.5, 0.6) is 0 Å². The van der Waals surface area contributed by atoms with Gasteiger partial charge in [0.2, 0.25) is 17.6 Å². The number of rotatable bonds is 6. The summed E-state index contributed by atoms with van der Waals surface area (Å²) in [6, 6.07) is 19.4. The molecular formula is C23H17N5O2S. The minimum atomic E-state index is -0.120. The fourth-order valence-electron chi connectivity index (χ4n) is 3.14. The van der Waals surface area contributed by atoms with Crippen molar-refractivity contribution in [1.29, 1.82) is 0 Å². The third kappa shape index (κ3) is 4.34. The van der Waals surface area contributed by atoms with Crippen molar-refractivity contribution < 1.29 is 9.32 Å². The maximum absolute atomic E-state index is 12.4. The highest BCUT2D eigenvalue weighted by Crippen LogP contribution is 2.31. The lowest BCUT2D eigenvalue weighted by atomic mass is 10.2. The molecule has 3 aromatic heterocycles. The molecule has 0 bridgehead atoms. The number of aryl methyl sites for hydroxylation is 1. The number of carbonyl (C=O) groups excluding carboxylic acids is 1. The molecule has 5 rings (SSSR count). The Bertz CT molecular complexity index is 1310. The highest BCUT2D eigenvalue weighted by molar-refractivity contribution is 7.21. The second-order valence-electron chi connectivity index (χ2n) is 6.86. The zero-order valence-electron chi connectivity index (χ0n) is 16.4. The van der Waals surface area contributed by atoms with E-state index in [2.05, 4.69) is 31.5 Å². The van der Waals surface area contributed by atoms with Gasteiger partial charge in [0.1, 0.15) is 5.01 Å². The summed E-state index contributed by atoms with van der Waals surface area (Å²) in [5.41, 5.74) is 3.49. The van der Waals surface area contributed by atoms with Gasteiger partial charge in [0.25, 0.3) is 0 Å². The second-order valence-corrected chi connectivity index (χ2v) is 7.89. The summed E-state index contributed by atoms with van der Waals surface area (Å²) in [6.07, 6.45) is 3.94. The van der Waals surface area contributed by atoms with Gasteiger partial charge in [0.05, 0.1) is 10.2 Å². The van der Waals surface area contributed by atoms with Crippen LogP contribution in [0, 0.1) is 0 Å². The van der Waals surface area contributed by atoms with Gasteiger partial charge in [-0.15, -0.1) is 11.3 Å². The summed E-state index contributed by atoms with van der Waals surface area (Å²) in [4.78, 5) is 25.4. The van der Waals surface area contributed by atoms with Crippen molar-refractivity contribution >= 4 is 33.1 Å². The minimum absolute atomic E-state index is 0.120. The molecule has 152 valence electrons. The third-order valence-electron chi connectivity index (χ3n) is 4.66. The summed E-state index contributed by atoms with van der Waals surface area (Å²) in [6.45, 7) is 0. The molecule has 0 aliphatic rings. The van der Waals surface area contributed by atoms with Gasteiger partial charge in [0.15, 0.2) is 0 Å². The molecule has 0 aliphatic carbocycles. The highest BCUT2D eigenvalue weighted by Gasteiger charge is 2.12. The first-order valence-electron chi connectivity index (χ1n) is 9.73. The fraction of sp³-hybridized carbons (Fsp3) is 0.0870. The van der Waals surface area contributed by atoms with Crippen molar-refractivity contribution in [3.8, 4) is 22.0 Å². The van der Waals surface area contributed by atoms with Gasteiger partial charge in [0, 0.05) is 42.0 Å². The van der Waals surface area contributed by atoms with Gasteiger partial charge in [-0.1, -0.05) is 29.4 Å². The maximum Gasteiger partial charge on any atom is 0.227 e. The van der Waals surface area contributed by atoms with Gasteiger partial charge >= 0.3 is 0 Å². The van der Waals surface area contributed by atoms with E-state index in [4.69, 9.17) is 4.52 Å². The average molecular weight is 427 g/mol. The number of hydrogen-bond acceptors (Lipinski definition) is 7. The first-order chi connectivity index (χ1) is 15.2. The normalized spacial score (nSPS) is 11.0. The van der Waals surface area contributed by atoms with Crippen LogP contribution >= 0.6 is 11.3 Å². The first-order valence-corrected chi connectivity index (χ1v) is 10.5. The van der Waals surface area contributed by atoms with E-state index in [9.17, 15) is 4.79 Å². The van der Waals surface area contributed by atoms with Crippen LogP contribution in [0.15, 0.2) is 77.6 Å². The Morgan fingerprint density at radius 1 is 0.968 bits per heavy atom. The Morgan fingerprint density at radius 2 is 1.84 bits per heavy atom. The number of thiazole rings is 1. The number of hydrogen-bond donors (Lipinski definition) is 1. The maximum atomic E-state index is 12.4. The number of aromatic nitrogens is 4. The summed E-state index contributed by atoms with van der Waals surface area (Å²) in [5.74, 6) is 0.789. The van der Waals surface area contributed by atoms with E-state index in [0.717, 1.165) is 32.0 Å². The van der Waals surface area contributed by atoms with E-state index in [1.165, 1.54) is 0 Å². The van der Waals surface area contributed by atoms with Crippen LogP contribution in [-0.2, 0) is 11.2 Å². The fourth-order valence-corrected chi connectivity index (χ4v) is 4.11. The molecule has 1 N–H and O–H groups in total. The molecule has 0 saturated heterocycles. The number of anilines is 1. The zero-order chi connectivity index (χ0) is 21.0. The number of carbonyl (C=O) groups is 1. The predicted molar refractivity (Wildman–Crippen MR) is 120 cm³/mol. The van der Waals surface area contributed by atoms with Crippen LogP contribution in [0.1, 0.15) is 12.3 Å². The van der Waals surface area contributed by atoms with Crippen molar-refractivity contribution in [3.05, 3.63) is 78.9 Å². The van der Waals surface area contributed by atoms with Crippen LogP contribution in [0.4, 0.5) is 5.69 Å². The van der Waals surface area contributed by atoms with E-state index >= 15 is 0 Å². The smallest absolute Gasteiger partial charge is 0.227 e. The van der Waals surface area contributed by atoms with Gasteiger partial charge in [-0.05, 0) is 36.4 Å². The molecule has 0 fully saturated rings. The number of amides is 1. The quantitative estimate of drug-likeness (QED) is 0.411. The molecule has 0 atom stereocenters. The Kier molecular flexibility index (Phi) is 5.20. The number of nitrogens with zero attached hydrogens (tertiary/aromatic N) is 4. The topological polar surface area (TPSA) is 93.8 Å². The van der Waals surface area contributed by atoms with E-state index < -0.39 is 0 Å². The average Bonchev–Trinajstić information content (AvgIpc) is 3.46. The molecule has 0 aliphatic heterocycles. The van der Waals surface area contributed by atoms with E-state index in [-0.39, 0.29) is 12.3 Å². The highest BCUT2D eigenvalue weighted by atomic mass is 32.1. The minimum Gasteiger partial charge on any atom is -0.339 e. The summed E-state index contributed by atoms with van der Waals surface area (Å²) < 4.78 is 6.39. The molecule has 5 aromatic rings. The van der Waals surface area contributed by atoms with Crippen LogP contribution in [0.3, 0.4) is 0 Å². The lowest BCUT2D eigenvalue weighted by molar-refractivity contribution is -0.116. The summed E-state index contributed by atoms with van der Waals surface area (Å²) in [7, 11) is 0. The monoisotopic (exact) mass is 427 g/mol. The van der Waals surface area contributed by atoms with E-state index in [0.29, 0.717) is 18.1 Å². The van der Waals surface area contributed by atoms with Crippen LogP contribution in [0.2, 0.25) is 0 Å². The Labute approximate surface area is 181 Å². The molecule has 8 heteroatoms. The number of nitrogens with one attached hydrogen (secondary N) is 1. The second kappa shape index (κ2) is 8.45. The van der Waals surface area contributed by atoms with Crippen LogP contribution in [-0.4, -0.2) is 26.0 Å². The van der Waals surface area contributed by atoms with Gasteiger partial charge in [-0.2, -0.15) is 4.98 Å². The van der Waals surface area contributed by atoms with Crippen molar-refractivity contribution in [2.75, 3.05) is 5.32 Å². The predicted octanol–water partition coefficient (Wildman–Crippen LogP) is 4.98. The lowest BCUT2D eigenvalue weighted by Crippen LogP contribution is -2.12. The van der Waals surface area contributed by atoms with Gasteiger partial charge in [-0.3, -0.25) is 9.78 Å². The Balaban J connectivity index is 1.23. The van der Waals surface area contributed by atoms with E-state index in [1.807, 2.05) is 42.5 Å². The molecular weight excluding hydrogens is 410 g/mol.